The van der Waals surface area contributed by atoms with Gasteiger partial charge in [0.05, 0.1) is 0 Å². The maximum Gasteiger partial charge on any atom is 0.0471 e. The van der Waals surface area contributed by atoms with Crippen molar-refractivity contribution in [3.05, 3.63) is 28.2 Å². The average Bonchev–Trinajstić information content (AvgIpc) is 2.34. The maximum atomic E-state index is 9.22. The van der Waals surface area contributed by atoms with Crippen molar-refractivity contribution in [2.45, 2.75) is 19.4 Å². The summed E-state index contributed by atoms with van der Waals surface area (Å²) in [5, 5.41) is 9.22. The van der Waals surface area contributed by atoms with E-state index in [1.54, 1.807) is 0 Å². The molecule has 1 aliphatic rings. The summed E-state index contributed by atoms with van der Waals surface area (Å²) in [6, 6.07) is 5.92. The molecule has 1 aromatic carbocycles. The third-order valence-electron chi connectivity index (χ3n) is 3.40. The molecule has 17 heavy (non-hydrogen) atoms. The van der Waals surface area contributed by atoms with Crippen LogP contribution < -0.4 is 5.73 Å². The van der Waals surface area contributed by atoms with Crippen LogP contribution in [0, 0.1) is 5.92 Å². The summed E-state index contributed by atoms with van der Waals surface area (Å²) in [4.78, 5) is 2.38. The number of nitrogen functional groups attached to an aromatic ring is 1. The number of hydrogen-bond acceptors (Lipinski definition) is 3. The summed E-state index contributed by atoms with van der Waals surface area (Å²) in [6.07, 6.45) is 2.30. The third-order valence-corrected chi connectivity index (χ3v) is 4.14. The van der Waals surface area contributed by atoms with Gasteiger partial charge in [0, 0.05) is 35.4 Å². The Bertz CT molecular complexity index is 363. The number of nitrogens with zero attached hydrogens (tertiary/aromatic N) is 1. The Morgan fingerprint density at radius 2 is 2.29 bits per heavy atom. The molecule has 94 valence electrons. The number of rotatable bonds is 3. The Morgan fingerprint density at radius 1 is 1.47 bits per heavy atom. The van der Waals surface area contributed by atoms with Crippen molar-refractivity contribution in [3.63, 3.8) is 0 Å². The number of nitrogens with two attached hydrogens (primary N) is 1. The van der Waals surface area contributed by atoms with E-state index in [0.29, 0.717) is 12.5 Å². The van der Waals surface area contributed by atoms with Crippen LogP contribution in [0.4, 0.5) is 5.69 Å². The molecule has 1 unspecified atom stereocenters. The summed E-state index contributed by atoms with van der Waals surface area (Å²) in [5.41, 5.74) is 8.00. The zero-order valence-electron chi connectivity index (χ0n) is 9.90. The largest absolute Gasteiger partial charge is 0.398 e. The first-order chi connectivity index (χ1) is 8.20. The number of halogens is 1. The maximum absolute atomic E-state index is 9.22. The van der Waals surface area contributed by atoms with Crippen LogP contribution in [-0.2, 0) is 6.54 Å². The van der Waals surface area contributed by atoms with E-state index in [0.717, 1.165) is 48.2 Å². The van der Waals surface area contributed by atoms with Gasteiger partial charge in [-0.3, -0.25) is 4.90 Å². The SMILES string of the molecule is Nc1cccc(Br)c1CN1CCCC(CO)C1. The molecule has 1 aromatic rings. The van der Waals surface area contributed by atoms with Crippen LogP contribution in [0.25, 0.3) is 0 Å². The summed E-state index contributed by atoms with van der Waals surface area (Å²) in [5.74, 6) is 0.424. The minimum atomic E-state index is 0.294. The van der Waals surface area contributed by atoms with Crippen molar-refractivity contribution in [3.8, 4) is 0 Å². The molecule has 4 heteroatoms. The molecule has 0 amide bonds. The van der Waals surface area contributed by atoms with Crippen LogP contribution in [-0.4, -0.2) is 29.7 Å². The molecule has 1 heterocycles. The van der Waals surface area contributed by atoms with Crippen LogP contribution in [0.5, 0.6) is 0 Å². The smallest absolute Gasteiger partial charge is 0.0471 e. The molecule has 3 N–H and O–H groups in total. The van der Waals surface area contributed by atoms with E-state index in [9.17, 15) is 5.11 Å². The molecule has 0 bridgehead atoms. The number of hydrogen-bond donors (Lipinski definition) is 2. The van der Waals surface area contributed by atoms with Crippen LogP contribution in [0.15, 0.2) is 22.7 Å². The van der Waals surface area contributed by atoms with E-state index >= 15 is 0 Å². The highest BCUT2D eigenvalue weighted by Crippen LogP contribution is 2.26. The van der Waals surface area contributed by atoms with Crippen LogP contribution in [0.1, 0.15) is 18.4 Å². The normalized spacial score (nSPS) is 21.6. The van der Waals surface area contributed by atoms with E-state index in [1.807, 2.05) is 18.2 Å². The van der Waals surface area contributed by atoms with Crippen molar-refractivity contribution in [1.82, 2.24) is 4.90 Å². The van der Waals surface area contributed by atoms with Gasteiger partial charge in [-0.25, -0.2) is 0 Å². The van der Waals surface area contributed by atoms with E-state index < -0.39 is 0 Å². The highest BCUT2D eigenvalue weighted by Gasteiger charge is 2.20. The third kappa shape index (κ3) is 3.21. The zero-order chi connectivity index (χ0) is 12.3. The summed E-state index contributed by atoms with van der Waals surface area (Å²) in [7, 11) is 0. The van der Waals surface area contributed by atoms with E-state index in [1.165, 1.54) is 0 Å². The summed E-state index contributed by atoms with van der Waals surface area (Å²) >= 11 is 3.55. The van der Waals surface area contributed by atoms with Crippen molar-refractivity contribution >= 4 is 21.6 Å². The highest BCUT2D eigenvalue weighted by molar-refractivity contribution is 9.10. The molecule has 3 nitrogen and oxygen atoms in total. The Kier molecular flexibility index (Phi) is 4.42. The molecule has 1 aliphatic heterocycles. The number of aliphatic hydroxyl groups excluding tert-OH is 1. The van der Waals surface area contributed by atoms with E-state index in [4.69, 9.17) is 5.73 Å². The minimum absolute atomic E-state index is 0.294. The molecule has 0 spiro atoms. The van der Waals surface area contributed by atoms with Crippen molar-refractivity contribution in [2.75, 3.05) is 25.4 Å². The van der Waals surface area contributed by atoms with Gasteiger partial charge in [-0.2, -0.15) is 0 Å². The summed E-state index contributed by atoms with van der Waals surface area (Å²) in [6.45, 7) is 3.22. The van der Waals surface area contributed by atoms with Gasteiger partial charge in [0.25, 0.3) is 0 Å². The number of aliphatic hydroxyl groups is 1. The van der Waals surface area contributed by atoms with Crippen molar-refractivity contribution in [1.29, 1.82) is 0 Å². The standard InChI is InChI=1S/C13H19BrN2O/c14-12-4-1-5-13(15)11(12)8-16-6-2-3-10(7-16)9-17/h1,4-5,10,17H,2-3,6-9,15H2. The van der Waals surface area contributed by atoms with Gasteiger partial charge >= 0.3 is 0 Å². The van der Waals surface area contributed by atoms with Gasteiger partial charge in [-0.1, -0.05) is 22.0 Å². The van der Waals surface area contributed by atoms with Crippen LogP contribution in [0.2, 0.25) is 0 Å². The molecule has 1 saturated heterocycles. The highest BCUT2D eigenvalue weighted by atomic mass is 79.9. The first kappa shape index (κ1) is 12.9. The minimum Gasteiger partial charge on any atom is -0.398 e. The first-order valence-electron chi connectivity index (χ1n) is 6.06. The lowest BCUT2D eigenvalue weighted by atomic mass is 9.98. The van der Waals surface area contributed by atoms with Crippen LogP contribution >= 0.6 is 15.9 Å². The molecule has 1 fully saturated rings. The number of anilines is 1. The Balaban J connectivity index is 2.05. The van der Waals surface area contributed by atoms with Gasteiger partial charge in [0.2, 0.25) is 0 Å². The molecular formula is C13H19BrN2O. The second kappa shape index (κ2) is 5.85. The van der Waals surface area contributed by atoms with Crippen LogP contribution in [0.3, 0.4) is 0 Å². The topological polar surface area (TPSA) is 49.5 Å². The number of benzene rings is 1. The van der Waals surface area contributed by atoms with E-state index in [2.05, 4.69) is 20.8 Å². The van der Waals surface area contributed by atoms with Gasteiger partial charge in [-0.05, 0) is 37.4 Å². The Labute approximate surface area is 111 Å². The molecule has 0 radical (unpaired) electrons. The van der Waals surface area contributed by atoms with Gasteiger partial charge in [-0.15, -0.1) is 0 Å². The fourth-order valence-electron chi connectivity index (χ4n) is 2.41. The average molecular weight is 299 g/mol. The first-order valence-corrected chi connectivity index (χ1v) is 6.86. The molecule has 0 saturated carbocycles. The molecule has 0 aromatic heterocycles. The molecule has 1 atom stereocenters. The summed E-state index contributed by atoms with van der Waals surface area (Å²) < 4.78 is 1.07. The Morgan fingerprint density at radius 3 is 3.00 bits per heavy atom. The lowest BCUT2D eigenvalue weighted by Crippen LogP contribution is -2.36. The van der Waals surface area contributed by atoms with Gasteiger partial charge in [0.15, 0.2) is 0 Å². The second-order valence-electron chi connectivity index (χ2n) is 4.73. The monoisotopic (exact) mass is 298 g/mol. The predicted octanol–water partition coefficient (Wildman–Crippen LogP) is 2.24. The predicted molar refractivity (Wildman–Crippen MR) is 73.6 cm³/mol. The van der Waals surface area contributed by atoms with Gasteiger partial charge < -0.3 is 10.8 Å². The van der Waals surface area contributed by atoms with Gasteiger partial charge in [0.1, 0.15) is 0 Å². The Hall–Kier alpha value is -0.580. The lowest BCUT2D eigenvalue weighted by molar-refractivity contribution is 0.116. The fourth-order valence-corrected chi connectivity index (χ4v) is 2.92. The molecular weight excluding hydrogens is 280 g/mol. The van der Waals surface area contributed by atoms with Crippen molar-refractivity contribution in [2.24, 2.45) is 5.92 Å². The van der Waals surface area contributed by atoms with Crippen molar-refractivity contribution < 1.29 is 5.11 Å². The number of piperidine rings is 1. The zero-order valence-corrected chi connectivity index (χ0v) is 11.5. The second-order valence-corrected chi connectivity index (χ2v) is 5.59. The number of likely N-dealkylation sites (tertiary alicyclic amines) is 1. The molecule has 2 rings (SSSR count). The molecule has 0 aliphatic carbocycles. The van der Waals surface area contributed by atoms with E-state index in [-0.39, 0.29) is 0 Å². The fraction of sp³-hybridized carbons (Fsp3) is 0.538. The lowest BCUT2D eigenvalue weighted by Gasteiger charge is -2.32. The quantitative estimate of drug-likeness (QED) is 0.842.